The van der Waals surface area contributed by atoms with E-state index in [4.69, 9.17) is 0 Å². The van der Waals surface area contributed by atoms with Crippen molar-refractivity contribution in [1.82, 2.24) is 16.0 Å². The highest BCUT2D eigenvalue weighted by Gasteiger charge is 2.28. The van der Waals surface area contributed by atoms with E-state index >= 15 is 0 Å². The molecule has 1 aromatic rings. The summed E-state index contributed by atoms with van der Waals surface area (Å²) >= 11 is 0. The maximum atomic E-state index is 12.0. The first-order valence-corrected chi connectivity index (χ1v) is 11.1. The van der Waals surface area contributed by atoms with Gasteiger partial charge in [-0.2, -0.15) is 0 Å². The number of hydrogen-bond acceptors (Lipinski definition) is 4. The normalized spacial score (nSPS) is 20.1. The van der Waals surface area contributed by atoms with Gasteiger partial charge in [-0.1, -0.05) is 36.8 Å². The highest BCUT2D eigenvalue weighted by atomic mass is 32.2. The standard InChI is InChI=1S/C19H30N4O3S/c1-14-4-6-16(7-5-14)15(2)12-22-19(20-3)21-10-8-18(24)23-17-9-11-27(25,26)13-17/h4-7,15,17H,8-13H2,1-3H3,(H,23,24)(H2,20,21,22). The summed E-state index contributed by atoms with van der Waals surface area (Å²) in [6.07, 6.45) is 0.770. The molecule has 1 fully saturated rings. The lowest BCUT2D eigenvalue weighted by atomic mass is 10.0. The first-order chi connectivity index (χ1) is 12.8. The van der Waals surface area contributed by atoms with Gasteiger partial charge in [0.1, 0.15) is 0 Å². The van der Waals surface area contributed by atoms with E-state index in [1.165, 1.54) is 11.1 Å². The average molecular weight is 395 g/mol. The van der Waals surface area contributed by atoms with Crippen LogP contribution in [0.1, 0.15) is 36.8 Å². The second-order valence-electron chi connectivity index (χ2n) is 7.11. The van der Waals surface area contributed by atoms with Gasteiger partial charge in [0.05, 0.1) is 11.5 Å². The highest BCUT2D eigenvalue weighted by molar-refractivity contribution is 7.91. The van der Waals surface area contributed by atoms with E-state index < -0.39 is 9.84 Å². The Morgan fingerprint density at radius 2 is 1.96 bits per heavy atom. The van der Waals surface area contributed by atoms with Crippen molar-refractivity contribution in [2.24, 2.45) is 4.99 Å². The summed E-state index contributed by atoms with van der Waals surface area (Å²) in [4.78, 5) is 16.1. The maximum absolute atomic E-state index is 12.0. The van der Waals surface area contributed by atoms with Gasteiger partial charge in [-0.05, 0) is 24.8 Å². The van der Waals surface area contributed by atoms with E-state index in [0.717, 1.165) is 6.54 Å². The molecule has 0 spiro atoms. The Hall–Kier alpha value is -2.09. The molecule has 1 aliphatic heterocycles. The zero-order chi connectivity index (χ0) is 19.9. The minimum Gasteiger partial charge on any atom is -0.356 e. The number of aryl methyl sites for hydroxylation is 1. The van der Waals surface area contributed by atoms with Gasteiger partial charge in [0, 0.05) is 32.6 Å². The van der Waals surface area contributed by atoms with Crippen LogP contribution in [0.25, 0.3) is 0 Å². The Balaban J connectivity index is 1.67. The van der Waals surface area contributed by atoms with Crippen LogP contribution in [0.3, 0.4) is 0 Å². The van der Waals surface area contributed by atoms with Gasteiger partial charge in [0.15, 0.2) is 15.8 Å². The molecule has 1 aromatic carbocycles. The summed E-state index contributed by atoms with van der Waals surface area (Å²) in [6, 6.07) is 8.21. The Bertz CT molecular complexity index is 760. The van der Waals surface area contributed by atoms with Gasteiger partial charge in [0.25, 0.3) is 0 Å². The zero-order valence-electron chi connectivity index (χ0n) is 16.3. The number of aliphatic imine (C=N–C) groups is 1. The second-order valence-corrected chi connectivity index (χ2v) is 9.34. The maximum Gasteiger partial charge on any atom is 0.222 e. The van der Waals surface area contributed by atoms with Crippen molar-refractivity contribution in [1.29, 1.82) is 0 Å². The lowest BCUT2D eigenvalue weighted by Gasteiger charge is -2.17. The number of amides is 1. The molecule has 0 aromatic heterocycles. The Labute approximate surface area is 162 Å². The summed E-state index contributed by atoms with van der Waals surface area (Å²) in [6.45, 7) is 5.38. The predicted molar refractivity (Wildman–Crippen MR) is 109 cm³/mol. The van der Waals surface area contributed by atoms with E-state index in [1.54, 1.807) is 7.05 Å². The van der Waals surface area contributed by atoms with Crippen LogP contribution >= 0.6 is 0 Å². The van der Waals surface area contributed by atoms with Crippen molar-refractivity contribution < 1.29 is 13.2 Å². The molecule has 0 saturated carbocycles. The molecule has 3 N–H and O–H groups in total. The van der Waals surface area contributed by atoms with Crippen LogP contribution in [-0.2, 0) is 14.6 Å². The number of carbonyl (C=O) groups excluding carboxylic acids is 1. The lowest BCUT2D eigenvalue weighted by Crippen LogP contribution is -2.42. The predicted octanol–water partition coefficient (Wildman–Crippen LogP) is 0.957. The van der Waals surface area contributed by atoms with Crippen LogP contribution in [-0.4, -0.2) is 58.0 Å². The van der Waals surface area contributed by atoms with Crippen molar-refractivity contribution in [3.63, 3.8) is 0 Å². The van der Waals surface area contributed by atoms with Crippen LogP contribution < -0.4 is 16.0 Å². The van der Waals surface area contributed by atoms with Crippen molar-refractivity contribution in [2.45, 2.75) is 38.6 Å². The van der Waals surface area contributed by atoms with Gasteiger partial charge in [-0.15, -0.1) is 0 Å². The quantitative estimate of drug-likeness (QED) is 0.472. The molecule has 2 unspecified atom stereocenters. The number of sulfone groups is 1. The van der Waals surface area contributed by atoms with Crippen molar-refractivity contribution in [3.8, 4) is 0 Å². The molecular weight excluding hydrogens is 364 g/mol. The number of nitrogens with one attached hydrogen (secondary N) is 3. The fraction of sp³-hybridized carbons (Fsp3) is 0.579. The van der Waals surface area contributed by atoms with E-state index in [-0.39, 0.29) is 29.9 Å². The minimum absolute atomic E-state index is 0.0479. The third-order valence-corrected chi connectivity index (χ3v) is 6.46. The molecule has 150 valence electrons. The Morgan fingerprint density at radius 1 is 1.26 bits per heavy atom. The topological polar surface area (TPSA) is 99.7 Å². The number of rotatable bonds is 7. The van der Waals surface area contributed by atoms with Gasteiger partial charge >= 0.3 is 0 Å². The van der Waals surface area contributed by atoms with E-state index in [2.05, 4.69) is 59.1 Å². The molecule has 7 nitrogen and oxygen atoms in total. The van der Waals surface area contributed by atoms with Crippen molar-refractivity contribution in [3.05, 3.63) is 35.4 Å². The van der Waals surface area contributed by atoms with Crippen LogP contribution in [0.4, 0.5) is 0 Å². The fourth-order valence-corrected chi connectivity index (χ4v) is 4.66. The molecule has 1 amide bonds. The van der Waals surface area contributed by atoms with Crippen LogP contribution in [0.5, 0.6) is 0 Å². The number of benzene rings is 1. The average Bonchev–Trinajstić information content (AvgIpc) is 2.96. The van der Waals surface area contributed by atoms with Crippen LogP contribution in [0, 0.1) is 6.92 Å². The first kappa shape index (κ1) is 21.2. The van der Waals surface area contributed by atoms with E-state index in [9.17, 15) is 13.2 Å². The highest BCUT2D eigenvalue weighted by Crippen LogP contribution is 2.14. The number of guanidine groups is 1. The molecule has 2 rings (SSSR count). The third kappa shape index (κ3) is 7.21. The molecule has 0 aliphatic carbocycles. The van der Waals surface area contributed by atoms with E-state index in [0.29, 0.717) is 24.8 Å². The fourth-order valence-electron chi connectivity index (χ4n) is 2.99. The number of nitrogens with zero attached hydrogens (tertiary/aromatic N) is 1. The molecule has 1 heterocycles. The van der Waals surface area contributed by atoms with Crippen LogP contribution in [0.2, 0.25) is 0 Å². The summed E-state index contributed by atoms with van der Waals surface area (Å²) in [5.74, 6) is 1.04. The molecular formula is C19H30N4O3S. The molecule has 27 heavy (non-hydrogen) atoms. The monoisotopic (exact) mass is 394 g/mol. The third-order valence-electron chi connectivity index (χ3n) is 4.69. The summed E-state index contributed by atoms with van der Waals surface area (Å²) in [5, 5.41) is 9.17. The van der Waals surface area contributed by atoms with Gasteiger partial charge in [-0.3, -0.25) is 9.79 Å². The molecule has 2 atom stereocenters. The smallest absolute Gasteiger partial charge is 0.222 e. The van der Waals surface area contributed by atoms with Crippen LogP contribution in [0.15, 0.2) is 29.3 Å². The lowest BCUT2D eigenvalue weighted by molar-refractivity contribution is -0.121. The van der Waals surface area contributed by atoms with Gasteiger partial charge < -0.3 is 16.0 Å². The Kier molecular flexibility index (Phi) is 7.65. The van der Waals surface area contributed by atoms with Crippen molar-refractivity contribution >= 4 is 21.7 Å². The first-order valence-electron chi connectivity index (χ1n) is 9.30. The minimum atomic E-state index is -2.98. The van der Waals surface area contributed by atoms with Gasteiger partial charge in [-0.25, -0.2) is 8.42 Å². The molecule has 0 radical (unpaired) electrons. The van der Waals surface area contributed by atoms with Gasteiger partial charge in [0.2, 0.25) is 5.91 Å². The molecule has 8 heteroatoms. The SMILES string of the molecule is CN=C(NCCC(=O)NC1CCS(=O)(=O)C1)NCC(C)c1ccc(C)cc1. The summed E-state index contributed by atoms with van der Waals surface area (Å²) in [5.41, 5.74) is 2.50. The van der Waals surface area contributed by atoms with Crippen molar-refractivity contribution in [2.75, 3.05) is 31.6 Å². The number of carbonyl (C=O) groups is 1. The molecule has 1 saturated heterocycles. The summed E-state index contributed by atoms with van der Waals surface area (Å²) < 4.78 is 22.8. The molecule has 1 aliphatic rings. The zero-order valence-corrected chi connectivity index (χ0v) is 17.1. The Morgan fingerprint density at radius 3 is 2.56 bits per heavy atom. The second kappa shape index (κ2) is 9.73. The molecule has 0 bridgehead atoms. The largest absolute Gasteiger partial charge is 0.356 e. The number of hydrogen-bond donors (Lipinski definition) is 3. The van der Waals surface area contributed by atoms with E-state index in [1.807, 2.05) is 0 Å². The summed E-state index contributed by atoms with van der Waals surface area (Å²) in [7, 11) is -1.29.